The monoisotopic (exact) mass is 496 g/mol. The van der Waals surface area contributed by atoms with Gasteiger partial charge in [-0.3, -0.25) is 4.79 Å². The van der Waals surface area contributed by atoms with Crippen LogP contribution in [-0.4, -0.2) is 47.3 Å². The molecular weight excluding hydrogens is 472 g/mol. The van der Waals surface area contributed by atoms with E-state index in [4.69, 9.17) is 24.3 Å². The molecule has 2 aromatic carbocycles. The molecule has 34 heavy (non-hydrogen) atoms. The lowest BCUT2D eigenvalue weighted by molar-refractivity contribution is -0.113. The molecule has 0 aliphatic carbocycles. The van der Waals surface area contributed by atoms with Gasteiger partial charge in [0.15, 0.2) is 11.5 Å². The molecule has 0 saturated carbocycles. The molecule has 176 valence electrons. The number of thiazole rings is 1. The highest BCUT2D eigenvalue weighted by atomic mass is 32.2. The second-order valence-corrected chi connectivity index (χ2v) is 9.77. The lowest BCUT2D eigenvalue weighted by Crippen LogP contribution is -2.15. The van der Waals surface area contributed by atoms with E-state index in [0.717, 1.165) is 32.8 Å². The van der Waals surface area contributed by atoms with Crippen molar-refractivity contribution < 1.29 is 19.0 Å². The first-order valence-corrected chi connectivity index (χ1v) is 12.7. The van der Waals surface area contributed by atoms with Crippen molar-refractivity contribution in [3.63, 3.8) is 0 Å². The lowest BCUT2D eigenvalue weighted by Gasteiger charge is -2.17. The summed E-state index contributed by atoms with van der Waals surface area (Å²) in [7, 11) is 3.27. The topological polar surface area (TPSA) is 87.5 Å². The summed E-state index contributed by atoms with van der Waals surface area (Å²) >= 11 is 3.06. The van der Waals surface area contributed by atoms with Gasteiger partial charge in [0.05, 0.1) is 47.7 Å². The van der Waals surface area contributed by atoms with Crippen LogP contribution in [0.5, 0.6) is 17.2 Å². The lowest BCUT2D eigenvalue weighted by atomic mass is 10.0. The highest BCUT2D eigenvalue weighted by Gasteiger charge is 2.32. The third kappa shape index (κ3) is 3.97. The van der Waals surface area contributed by atoms with E-state index in [1.165, 1.54) is 11.3 Å². The minimum atomic E-state index is -0.109. The Morgan fingerprint density at radius 1 is 1.15 bits per heavy atom. The van der Waals surface area contributed by atoms with Crippen LogP contribution in [-0.2, 0) is 4.79 Å². The maximum Gasteiger partial charge on any atom is 0.235 e. The molecule has 5 rings (SSSR count). The largest absolute Gasteiger partial charge is 0.497 e. The summed E-state index contributed by atoms with van der Waals surface area (Å²) in [5.74, 6) is 3.03. The highest BCUT2D eigenvalue weighted by Crippen LogP contribution is 2.46. The van der Waals surface area contributed by atoms with Gasteiger partial charge in [-0.1, -0.05) is 17.4 Å². The Morgan fingerprint density at radius 2 is 2.00 bits per heavy atom. The maximum absolute atomic E-state index is 12.7. The number of hydrogen-bond donors (Lipinski definition) is 1. The number of amides is 1. The van der Waals surface area contributed by atoms with Crippen LogP contribution in [0, 0.1) is 6.92 Å². The van der Waals surface area contributed by atoms with Gasteiger partial charge in [0.2, 0.25) is 11.0 Å². The van der Waals surface area contributed by atoms with Gasteiger partial charge in [-0.15, -0.1) is 11.8 Å². The van der Waals surface area contributed by atoms with Crippen molar-refractivity contribution >= 4 is 45.0 Å². The van der Waals surface area contributed by atoms with Crippen molar-refractivity contribution in [2.24, 2.45) is 0 Å². The number of thioether (sulfide) groups is 1. The third-order valence-corrected chi connectivity index (χ3v) is 7.83. The Morgan fingerprint density at radius 3 is 2.76 bits per heavy atom. The van der Waals surface area contributed by atoms with Crippen molar-refractivity contribution in [2.45, 2.75) is 19.1 Å². The average Bonchev–Trinajstić information content (AvgIpc) is 3.34. The fourth-order valence-electron chi connectivity index (χ4n) is 4.02. The summed E-state index contributed by atoms with van der Waals surface area (Å²) in [6.07, 6.45) is 0. The first-order chi connectivity index (χ1) is 16.5. The Bertz CT molecular complexity index is 1380. The van der Waals surface area contributed by atoms with E-state index >= 15 is 0 Å². The molecule has 10 heteroatoms. The number of fused-ring (bicyclic) bond motifs is 2. The maximum atomic E-state index is 12.7. The zero-order valence-electron chi connectivity index (χ0n) is 19.2. The van der Waals surface area contributed by atoms with Crippen molar-refractivity contribution in [1.29, 1.82) is 0 Å². The smallest absolute Gasteiger partial charge is 0.235 e. The molecule has 1 amide bonds. The molecule has 1 aliphatic rings. The van der Waals surface area contributed by atoms with Crippen molar-refractivity contribution in [3.8, 4) is 22.4 Å². The molecule has 0 bridgehead atoms. The number of anilines is 1. The summed E-state index contributed by atoms with van der Waals surface area (Å²) in [6.45, 7) is 4.45. The molecule has 4 aromatic rings. The molecule has 0 radical (unpaired) electrons. The quantitative estimate of drug-likeness (QED) is 0.403. The summed E-state index contributed by atoms with van der Waals surface area (Å²) < 4.78 is 19.3. The SMILES string of the molecule is CCOc1ccc([C@@H]2SCC(=O)Nc3c2c(C)nn3-c2nc3ccc(OC)cc3s2)cc1OC. The van der Waals surface area contributed by atoms with Crippen LogP contribution in [0.15, 0.2) is 36.4 Å². The van der Waals surface area contributed by atoms with E-state index < -0.39 is 0 Å². The fraction of sp³-hybridized carbons (Fsp3) is 0.292. The first kappa shape index (κ1) is 22.5. The van der Waals surface area contributed by atoms with Crippen molar-refractivity contribution in [3.05, 3.63) is 53.2 Å². The number of hydrogen-bond acceptors (Lipinski definition) is 8. The number of aryl methyl sites for hydroxylation is 1. The standard InChI is InChI=1S/C24H24N4O4S2/c1-5-32-17-9-6-14(10-18(17)31-4)22-21-13(2)27-28(23(21)26-20(29)12-33-22)24-25-16-8-7-15(30-3)11-19(16)34-24/h6-11,22H,5,12H2,1-4H3,(H,26,29)/t22-/m0/s1. The van der Waals surface area contributed by atoms with Crippen LogP contribution in [0.4, 0.5) is 5.82 Å². The Labute approximate surface area is 205 Å². The average molecular weight is 497 g/mol. The second-order valence-electron chi connectivity index (χ2n) is 7.67. The molecule has 0 saturated heterocycles. The Hall–Kier alpha value is -3.24. The van der Waals surface area contributed by atoms with Gasteiger partial charge in [0.1, 0.15) is 11.6 Å². The Kier molecular flexibility index (Phi) is 6.09. The fourth-order valence-corrected chi connectivity index (χ4v) is 6.15. The number of carbonyl (C=O) groups is 1. The second kappa shape index (κ2) is 9.19. The van der Waals surface area contributed by atoms with Crippen LogP contribution < -0.4 is 19.5 Å². The molecule has 1 aliphatic heterocycles. The summed E-state index contributed by atoms with van der Waals surface area (Å²) in [4.78, 5) is 17.4. The predicted octanol–water partition coefficient (Wildman–Crippen LogP) is 4.98. The molecule has 8 nitrogen and oxygen atoms in total. The van der Waals surface area contributed by atoms with Gasteiger partial charge in [-0.2, -0.15) is 9.78 Å². The van der Waals surface area contributed by atoms with Crippen LogP contribution >= 0.6 is 23.1 Å². The van der Waals surface area contributed by atoms with Crippen LogP contribution in [0.3, 0.4) is 0 Å². The number of ether oxygens (including phenoxy) is 3. The Balaban J connectivity index is 1.62. The van der Waals surface area contributed by atoms with E-state index in [-0.39, 0.29) is 11.2 Å². The van der Waals surface area contributed by atoms with Gasteiger partial charge < -0.3 is 19.5 Å². The number of carbonyl (C=O) groups excluding carboxylic acids is 1. The van der Waals surface area contributed by atoms with Crippen LogP contribution in [0.25, 0.3) is 15.3 Å². The number of benzene rings is 2. The minimum Gasteiger partial charge on any atom is -0.497 e. The van der Waals surface area contributed by atoms with Crippen LogP contribution in [0.1, 0.15) is 29.0 Å². The van der Waals surface area contributed by atoms with E-state index in [2.05, 4.69) is 5.32 Å². The van der Waals surface area contributed by atoms with Gasteiger partial charge in [-0.25, -0.2) is 4.98 Å². The predicted molar refractivity (Wildman–Crippen MR) is 135 cm³/mol. The van der Waals surface area contributed by atoms with Gasteiger partial charge >= 0.3 is 0 Å². The van der Waals surface area contributed by atoms with Crippen LogP contribution in [0.2, 0.25) is 0 Å². The number of nitrogens with one attached hydrogen (secondary N) is 1. The van der Waals surface area contributed by atoms with E-state index in [1.54, 1.807) is 30.7 Å². The molecule has 0 spiro atoms. The van der Waals surface area contributed by atoms with Gasteiger partial charge in [0, 0.05) is 5.56 Å². The third-order valence-electron chi connectivity index (χ3n) is 5.56. The van der Waals surface area contributed by atoms with E-state index in [0.29, 0.717) is 34.8 Å². The normalized spacial score (nSPS) is 15.5. The minimum absolute atomic E-state index is 0.0735. The number of methoxy groups -OCH3 is 2. The van der Waals surface area contributed by atoms with Gasteiger partial charge in [-0.05, 0) is 49.7 Å². The number of nitrogens with zero attached hydrogens (tertiary/aromatic N) is 3. The molecular formula is C24H24N4O4S2. The molecule has 3 heterocycles. The van der Waals surface area contributed by atoms with Crippen molar-refractivity contribution in [1.82, 2.24) is 14.8 Å². The zero-order chi connectivity index (χ0) is 23.8. The number of aromatic nitrogens is 3. The summed E-state index contributed by atoms with van der Waals surface area (Å²) in [5, 5.41) is 8.43. The summed E-state index contributed by atoms with van der Waals surface area (Å²) in [6, 6.07) is 11.7. The number of rotatable bonds is 6. The molecule has 2 aromatic heterocycles. The zero-order valence-corrected chi connectivity index (χ0v) is 20.9. The van der Waals surface area contributed by atoms with E-state index in [1.807, 2.05) is 50.2 Å². The summed E-state index contributed by atoms with van der Waals surface area (Å²) in [5.41, 5.74) is 3.66. The van der Waals surface area contributed by atoms with Crippen molar-refractivity contribution in [2.75, 3.05) is 31.9 Å². The highest BCUT2D eigenvalue weighted by molar-refractivity contribution is 8.00. The van der Waals surface area contributed by atoms with E-state index in [9.17, 15) is 4.79 Å². The molecule has 0 unspecified atom stereocenters. The molecule has 1 atom stereocenters. The first-order valence-electron chi connectivity index (χ1n) is 10.8. The molecule has 0 fully saturated rings. The molecule has 1 N–H and O–H groups in total. The van der Waals surface area contributed by atoms with Gasteiger partial charge in [0.25, 0.3) is 0 Å².